The van der Waals surface area contributed by atoms with Gasteiger partial charge in [0.25, 0.3) is 0 Å². The third kappa shape index (κ3) is 2.66. The molecule has 110 valence electrons. The Labute approximate surface area is 120 Å². The third-order valence-electron chi connectivity index (χ3n) is 4.37. The maximum Gasteiger partial charge on any atom is 0.326 e. The Kier molecular flexibility index (Phi) is 4.33. The first-order valence-corrected chi connectivity index (χ1v) is 7.02. The van der Waals surface area contributed by atoms with E-state index >= 15 is 0 Å². The summed E-state index contributed by atoms with van der Waals surface area (Å²) >= 11 is 0. The molecule has 1 N–H and O–H groups in total. The summed E-state index contributed by atoms with van der Waals surface area (Å²) in [6.45, 7) is 4.13. The molecule has 0 bridgehead atoms. The molecule has 0 amide bonds. The number of rotatable bonds is 4. The fourth-order valence-corrected chi connectivity index (χ4v) is 2.84. The lowest BCUT2D eigenvalue weighted by atomic mass is 9.98. The summed E-state index contributed by atoms with van der Waals surface area (Å²) in [6.07, 6.45) is 2.28. The minimum Gasteiger partial charge on any atom is -0.490 e. The van der Waals surface area contributed by atoms with Crippen LogP contribution in [0.25, 0.3) is 0 Å². The zero-order valence-corrected chi connectivity index (χ0v) is 12.7. The molecule has 1 aromatic carbocycles. The van der Waals surface area contributed by atoms with E-state index < -0.39 is 5.54 Å². The number of methoxy groups -OCH3 is 1. The fraction of sp³-hybridized carbons (Fsp3) is 0.562. The average molecular weight is 277 g/mol. The molecule has 0 aliphatic heterocycles. The SMILES string of the molecule is CNC1(C(=O)OC)CCC(Oc2cccc(C)c2C)C1. The smallest absolute Gasteiger partial charge is 0.326 e. The highest BCUT2D eigenvalue weighted by Crippen LogP contribution is 2.34. The van der Waals surface area contributed by atoms with Gasteiger partial charge in [0, 0.05) is 6.42 Å². The fourth-order valence-electron chi connectivity index (χ4n) is 2.84. The summed E-state index contributed by atoms with van der Waals surface area (Å²) in [4.78, 5) is 11.9. The largest absolute Gasteiger partial charge is 0.490 e. The minimum atomic E-state index is -0.600. The summed E-state index contributed by atoms with van der Waals surface area (Å²) in [5.41, 5.74) is 1.78. The Morgan fingerprint density at radius 1 is 1.40 bits per heavy atom. The van der Waals surface area contributed by atoms with Gasteiger partial charge in [-0.15, -0.1) is 0 Å². The molecule has 2 unspecified atom stereocenters. The van der Waals surface area contributed by atoms with Crippen LogP contribution < -0.4 is 10.1 Å². The van der Waals surface area contributed by atoms with Gasteiger partial charge >= 0.3 is 5.97 Å². The van der Waals surface area contributed by atoms with Gasteiger partial charge in [0.15, 0.2) is 0 Å². The van der Waals surface area contributed by atoms with E-state index in [1.807, 2.05) is 12.1 Å². The van der Waals surface area contributed by atoms with Crippen molar-refractivity contribution in [3.05, 3.63) is 29.3 Å². The van der Waals surface area contributed by atoms with Crippen LogP contribution in [0.15, 0.2) is 18.2 Å². The lowest BCUT2D eigenvalue weighted by molar-refractivity contribution is -0.148. The summed E-state index contributed by atoms with van der Waals surface area (Å²) in [6, 6.07) is 6.06. The van der Waals surface area contributed by atoms with Gasteiger partial charge in [-0.1, -0.05) is 12.1 Å². The van der Waals surface area contributed by atoms with Gasteiger partial charge in [0.05, 0.1) is 7.11 Å². The van der Waals surface area contributed by atoms with Crippen molar-refractivity contribution in [1.29, 1.82) is 0 Å². The van der Waals surface area contributed by atoms with E-state index in [1.165, 1.54) is 12.7 Å². The van der Waals surface area contributed by atoms with Gasteiger partial charge in [0.1, 0.15) is 17.4 Å². The summed E-state index contributed by atoms with van der Waals surface area (Å²) in [5, 5.41) is 3.12. The second-order valence-electron chi connectivity index (χ2n) is 5.50. The molecular formula is C16H23NO3. The number of carbonyl (C=O) groups excluding carboxylic acids is 1. The molecule has 1 aliphatic rings. The van der Waals surface area contributed by atoms with Gasteiger partial charge < -0.3 is 14.8 Å². The van der Waals surface area contributed by atoms with Crippen LogP contribution in [-0.4, -0.2) is 31.8 Å². The number of hydrogen-bond acceptors (Lipinski definition) is 4. The minimum absolute atomic E-state index is 0.0436. The second-order valence-corrected chi connectivity index (χ2v) is 5.50. The zero-order valence-electron chi connectivity index (χ0n) is 12.7. The van der Waals surface area contributed by atoms with Crippen molar-refractivity contribution in [1.82, 2.24) is 5.32 Å². The van der Waals surface area contributed by atoms with E-state index in [1.54, 1.807) is 7.05 Å². The van der Waals surface area contributed by atoms with Crippen molar-refractivity contribution < 1.29 is 14.3 Å². The predicted molar refractivity (Wildman–Crippen MR) is 78.0 cm³/mol. The summed E-state index contributed by atoms with van der Waals surface area (Å²) in [5.74, 6) is 0.707. The van der Waals surface area contributed by atoms with Crippen molar-refractivity contribution in [2.45, 2.75) is 44.8 Å². The van der Waals surface area contributed by atoms with E-state index in [2.05, 4.69) is 25.2 Å². The third-order valence-corrected chi connectivity index (χ3v) is 4.37. The number of benzene rings is 1. The van der Waals surface area contributed by atoms with E-state index in [9.17, 15) is 4.79 Å². The molecule has 0 spiro atoms. The van der Waals surface area contributed by atoms with Gasteiger partial charge in [-0.25, -0.2) is 0 Å². The van der Waals surface area contributed by atoms with E-state index in [0.29, 0.717) is 6.42 Å². The molecule has 0 aromatic heterocycles. The number of ether oxygens (including phenoxy) is 2. The van der Waals surface area contributed by atoms with Crippen LogP contribution in [0, 0.1) is 13.8 Å². The highest BCUT2D eigenvalue weighted by molar-refractivity contribution is 5.81. The molecule has 0 radical (unpaired) electrons. The highest BCUT2D eigenvalue weighted by Gasteiger charge is 2.46. The second kappa shape index (κ2) is 5.83. The molecule has 0 heterocycles. The summed E-state index contributed by atoms with van der Waals surface area (Å²) in [7, 11) is 3.23. The molecular weight excluding hydrogens is 254 g/mol. The van der Waals surface area contributed by atoms with Gasteiger partial charge in [0.2, 0.25) is 0 Å². The highest BCUT2D eigenvalue weighted by atomic mass is 16.5. The standard InChI is InChI=1S/C16H23NO3/c1-11-6-5-7-14(12(11)2)20-13-8-9-16(10-13,17-3)15(18)19-4/h5-7,13,17H,8-10H2,1-4H3. The molecule has 4 nitrogen and oxygen atoms in total. The number of esters is 1. The molecule has 0 saturated heterocycles. The number of likely N-dealkylation sites (N-methyl/N-ethyl adjacent to an activating group) is 1. The van der Waals surface area contributed by atoms with Crippen molar-refractivity contribution in [2.24, 2.45) is 0 Å². The van der Waals surface area contributed by atoms with E-state index in [4.69, 9.17) is 9.47 Å². The lowest BCUT2D eigenvalue weighted by Crippen LogP contribution is -2.49. The average Bonchev–Trinajstić information content (AvgIpc) is 2.87. The molecule has 1 saturated carbocycles. The number of hydrogen-bond donors (Lipinski definition) is 1. The van der Waals surface area contributed by atoms with Crippen molar-refractivity contribution >= 4 is 5.97 Å². The summed E-state index contributed by atoms with van der Waals surface area (Å²) < 4.78 is 11.0. The monoisotopic (exact) mass is 277 g/mol. The predicted octanol–water partition coefficient (Wildman–Crippen LogP) is 2.37. The molecule has 20 heavy (non-hydrogen) atoms. The molecule has 1 fully saturated rings. The van der Waals surface area contributed by atoms with Crippen LogP contribution in [-0.2, 0) is 9.53 Å². The number of aryl methyl sites for hydroxylation is 1. The van der Waals surface area contributed by atoms with E-state index in [0.717, 1.165) is 24.2 Å². The van der Waals surface area contributed by atoms with Crippen molar-refractivity contribution in [3.63, 3.8) is 0 Å². The first-order valence-electron chi connectivity index (χ1n) is 7.02. The maximum atomic E-state index is 11.9. The van der Waals surface area contributed by atoms with Gasteiger partial charge in [-0.05, 0) is 50.9 Å². The van der Waals surface area contributed by atoms with Crippen LogP contribution in [0.3, 0.4) is 0 Å². The Hall–Kier alpha value is -1.55. The molecule has 1 aromatic rings. The molecule has 2 rings (SSSR count). The van der Waals surface area contributed by atoms with Crippen LogP contribution in [0.4, 0.5) is 0 Å². The Balaban J connectivity index is 2.10. The van der Waals surface area contributed by atoms with Crippen LogP contribution in [0.2, 0.25) is 0 Å². The van der Waals surface area contributed by atoms with Crippen LogP contribution in [0.1, 0.15) is 30.4 Å². The number of carbonyl (C=O) groups is 1. The molecule has 2 atom stereocenters. The van der Waals surface area contributed by atoms with E-state index in [-0.39, 0.29) is 12.1 Å². The van der Waals surface area contributed by atoms with Gasteiger partial charge in [-0.3, -0.25) is 4.79 Å². The number of nitrogens with one attached hydrogen (secondary N) is 1. The Bertz CT molecular complexity index is 500. The van der Waals surface area contributed by atoms with Crippen LogP contribution >= 0.6 is 0 Å². The molecule has 4 heteroatoms. The first kappa shape index (κ1) is 14.9. The lowest BCUT2D eigenvalue weighted by Gasteiger charge is -2.25. The van der Waals surface area contributed by atoms with Gasteiger partial charge in [-0.2, -0.15) is 0 Å². The Morgan fingerprint density at radius 2 is 2.15 bits per heavy atom. The molecule has 1 aliphatic carbocycles. The van der Waals surface area contributed by atoms with Crippen molar-refractivity contribution in [2.75, 3.05) is 14.2 Å². The zero-order chi connectivity index (χ0) is 14.8. The Morgan fingerprint density at radius 3 is 2.80 bits per heavy atom. The topological polar surface area (TPSA) is 47.6 Å². The maximum absolute atomic E-state index is 11.9. The van der Waals surface area contributed by atoms with Crippen LogP contribution in [0.5, 0.6) is 5.75 Å². The van der Waals surface area contributed by atoms with Crippen molar-refractivity contribution in [3.8, 4) is 5.75 Å². The quantitative estimate of drug-likeness (QED) is 0.858. The normalized spacial score (nSPS) is 25.5. The first-order chi connectivity index (χ1) is 9.52.